The molecular weight excluding hydrogens is 623 g/mol. The maximum Gasteiger partial charge on any atom is 0.125 e. The minimum atomic E-state index is 0. The average molecular weight is 642 g/mol. The molecule has 5 aromatic rings. The van der Waals surface area contributed by atoms with Crippen LogP contribution in [0.3, 0.4) is 0 Å². The van der Waals surface area contributed by atoms with Crippen molar-refractivity contribution >= 4 is 5.69 Å². The molecule has 0 N–H and O–H groups in total. The Morgan fingerprint density at radius 3 is 2.61 bits per heavy atom. The molecule has 0 atom stereocenters. The van der Waals surface area contributed by atoms with Crippen molar-refractivity contribution in [2.24, 2.45) is 0 Å². The number of nitriles is 1. The fourth-order valence-electron chi connectivity index (χ4n) is 4.01. The summed E-state index contributed by atoms with van der Waals surface area (Å²) in [5, 5.41) is 8.94. The van der Waals surface area contributed by atoms with E-state index in [-0.39, 0.29) is 20.1 Å². The fourth-order valence-corrected chi connectivity index (χ4v) is 4.01. The number of benzene rings is 3. The average Bonchev–Trinajstić information content (AvgIpc) is 3.43. The van der Waals surface area contributed by atoms with Crippen molar-refractivity contribution in [3.63, 3.8) is 0 Å². The van der Waals surface area contributed by atoms with Gasteiger partial charge in [0, 0.05) is 51.3 Å². The molecular formula is C30H19IrN5-2. The van der Waals surface area contributed by atoms with E-state index in [0.717, 1.165) is 35.6 Å². The van der Waals surface area contributed by atoms with Crippen LogP contribution >= 0.6 is 0 Å². The summed E-state index contributed by atoms with van der Waals surface area (Å²) in [6.07, 6.45) is 6.77. The summed E-state index contributed by atoms with van der Waals surface area (Å²) in [4.78, 5) is 12.1. The Balaban J connectivity index is 0.000000185. The minimum absolute atomic E-state index is 0. The predicted molar refractivity (Wildman–Crippen MR) is 135 cm³/mol. The van der Waals surface area contributed by atoms with Gasteiger partial charge < -0.3 is 9.55 Å². The Kier molecular flexibility index (Phi) is 7.83. The summed E-state index contributed by atoms with van der Waals surface area (Å²) in [7, 11) is 0. The van der Waals surface area contributed by atoms with Crippen molar-refractivity contribution < 1.29 is 20.1 Å². The van der Waals surface area contributed by atoms with E-state index in [0.29, 0.717) is 16.8 Å². The van der Waals surface area contributed by atoms with E-state index in [1.165, 1.54) is 17.2 Å². The van der Waals surface area contributed by atoms with E-state index in [9.17, 15) is 0 Å². The molecule has 0 aliphatic carbocycles. The molecule has 0 bridgehead atoms. The topological polar surface area (TPSA) is 58.9 Å². The van der Waals surface area contributed by atoms with Crippen LogP contribution in [0.2, 0.25) is 0 Å². The Hall–Kier alpha value is -4.35. The molecule has 3 aromatic carbocycles. The molecule has 6 heteroatoms. The van der Waals surface area contributed by atoms with Crippen molar-refractivity contribution in [2.75, 3.05) is 0 Å². The van der Waals surface area contributed by atoms with Gasteiger partial charge in [-0.25, -0.2) is 5.26 Å². The predicted octanol–water partition coefficient (Wildman–Crippen LogP) is 6.54. The Bertz CT molecular complexity index is 1560. The first-order chi connectivity index (χ1) is 17.3. The van der Waals surface area contributed by atoms with Gasteiger partial charge in [-0.15, -0.1) is 59.2 Å². The van der Waals surface area contributed by atoms with Gasteiger partial charge in [0.05, 0.1) is 12.4 Å². The van der Waals surface area contributed by atoms with E-state index >= 15 is 0 Å². The summed E-state index contributed by atoms with van der Waals surface area (Å²) in [6, 6.07) is 31.5. The molecule has 1 aliphatic heterocycles. The Morgan fingerprint density at radius 2 is 1.86 bits per heavy atom. The molecule has 6 rings (SSSR count). The first-order valence-corrected chi connectivity index (χ1v) is 11.1. The van der Waals surface area contributed by atoms with Crippen LogP contribution < -0.4 is 0 Å². The van der Waals surface area contributed by atoms with Crippen LogP contribution in [-0.4, -0.2) is 14.5 Å². The number of nitrogens with zero attached hydrogens (tertiary/aromatic N) is 5. The van der Waals surface area contributed by atoms with Crippen molar-refractivity contribution in [3.8, 4) is 39.8 Å². The van der Waals surface area contributed by atoms with E-state index < -0.39 is 0 Å². The van der Waals surface area contributed by atoms with Crippen LogP contribution in [0.4, 0.5) is 5.69 Å². The summed E-state index contributed by atoms with van der Waals surface area (Å²) in [5.74, 6) is 1.06. The zero-order chi connectivity index (χ0) is 24.0. The first-order valence-electron chi connectivity index (χ1n) is 11.1. The van der Waals surface area contributed by atoms with Crippen molar-refractivity contribution in [3.05, 3.63) is 126 Å². The second-order valence-corrected chi connectivity index (χ2v) is 7.93. The third kappa shape index (κ3) is 5.16. The molecule has 0 fully saturated rings. The summed E-state index contributed by atoms with van der Waals surface area (Å²) in [5.41, 5.74) is 6.76. The Morgan fingerprint density at radius 1 is 1.00 bits per heavy atom. The van der Waals surface area contributed by atoms with Crippen LogP contribution in [0.1, 0.15) is 11.1 Å². The number of pyridine rings is 1. The smallest absolute Gasteiger partial charge is 0.125 e. The molecule has 36 heavy (non-hydrogen) atoms. The largest absolute Gasteiger partial charge is 0.371 e. The van der Waals surface area contributed by atoms with Crippen LogP contribution in [-0.2, 0) is 33.1 Å². The van der Waals surface area contributed by atoms with Gasteiger partial charge in [0.1, 0.15) is 5.69 Å². The summed E-state index contributed by atoms with van der Waals surface area (Å²) < 4.78 is 2.18. The minimum Gasteiger partial charge on any atom is -0.371 e. The number of imidazole rings is 1. The van der Waals surface area contributed by atoms with Crippen molar-refractivity contribution in [1.29, 1.82) is 5.26 Å². The maximum atomic E-state index is 8.94. The van der Waals surface area contributed by atoms with Crippen LogP contribution in [0.15, 0.2) is 91.4 Å². The second-order valence-electron chi connectivity index (χ2n) is 7.93. The first kappa shape index (κ1) is 24.8. The number of aromatic nitrogens is 3. The Labute approximate surface area is 223 Å². The van der Waals surface area contributed by atoms with Crippen molar-refractivity contribution in [1.82, 2.24) is 14.5 Å². The van der Waals surface area contributed by atoms with Crippen molar-refractivity contribution in [2.45, 2.75) is 13.0 Å². The van der Waals surface area contributed by atoms with Crippen LogP contribution in [0, 0.1) is 30.0 Å². The van der Waals surface area contributed by atoms with Gasteiger partial charge in [0.2, 0.25) is 0 Å². The molecule has 0 saturated heterocycles. The van der Waals surface area contributed by atoms with Gasteiger partial charge in [-0.05, 0) is 28.8 Å². The molecule has 0 unspecified atom stereocenters. The molecule has 175 valence electrons. The number of hydrogen-bond donors (Lipinski definition) is 0. The SMILES string of the molecule is [C-]#[N+]c1cc(-c2ccc(-c3ccccc3)cn2)[c-]cc1C#N.[Ir].[c-]1cccc2c1-c1nccn1CC2. The summed E-state index contributed by atoms with van der Waals surface area (Å²) in [6.45, 7) is 8.17. The number of aryl methyl sites for hydroxylation is 2. The fraction of sp³-hybridized carbons (Fsp3) is 0.0667. The number of fused-ring (bicyclic) bond motifs is 3. The molecule has 5 nitrogen and oxygen atoms in total. The van der Waals surface area contributed by atoms with Gasteiger partial charge in [-0.3, -0.25) is 9.83 Å². The van der Waals surface area contributed by atoms with Gasteiger partial charge in [0.25, 0.3) is 0 Å². The van der Waals surface area contributed by atoms with E-state index in [2.05, 4.69) is 37.6 Å². The monoisotopic (exact) mass is 642 g/mol. The van der Waals surface area contributed by atoms with Gasteiger partial charge in [-0.1, -0.05) is 42.5 Å². The maximum absolute atomic E-state index is 8.94. The third-order valence-corrected chi connectivity index (χ3v) is 5.82. The second kappa shape index (κ2) is 11.4. The molecule has 0 saturated carbocycles. The van der Waals surface area contributed by atoms with E-state index in [1.54, 1.807) is 12.3 Å². The zero-order valence-corrected chi connectivity index (χ0v) is 21.5. The molecule has 0 spiro atoms. The normalized spacial score (nSPS) is 10.8. The summed E-state index contributed by atoms with van der Waals surface area (Å²) >= 11 is 0. The quantitative estimate of drug-likeness (QED) is 0.206. The molecule has 1 aliphatic rings. The molecule has 2 aromatic heterocycles. The van der Waals surface area contributed by atoms with Gasteiger partial charge in [-0.2, -0.15) is 0 Å². The standard InChI is InChI=1S/C19H10N3.C11H9N2.Ir/c1-21-19-11-15(7-8-16(19)12-20)18-10-9-17(13-22-18)14-5-3-2-4-6-14;1-2-4-10-9(3-1)5-7-13-8-6-12-11(10)13;/h2-6,8-11,13H;1-3,6,8H,5,7H2;/q2*-1;. The third-order valence-electron chi connectivity index (χ3n) is 5.82. The van der Waals surface area contributed by atoms with Crippen LogP contribution in [0.5, 0.6) is 0 Å². The van der Waals surface area contributed by atoms with Gasteiger partial charge in [0.15, 0.2) is 0 Å². The van der Waals surface area contributed by atoms with E-state index in [1.807, 2.05) is 73.1 Å². The molecule has 3 heterocycles. The molecule has 1 radical (unpaired) electrons. The zero-order valence-electron chi connectivity index (χ0n) is 19.1. The number of hydrogen-bond acceptors (Lipinski definition) is 3. The molecule has 0 amide bonds. The number of rotatable bonds is 2. The van der Waals surface area contributed by atoms with Crippen LogP contribution in [0.25, 0.3) is 38.6 Å². The van der Waals surface area contributed by atoms with E-state index in [4.69, 9.17) is 11.8 Å². The van der Waals surface area contributed by atoms with Gasteiger partial charge >= 0.3 is 0 Å².